The number of carbonyl (C=O) groups is 3. The van der Waals surface area contributed by atoms with E-state index >= 15 is 0 Å². The highest BCUT2D eigenvalue weighted by atomic mass is 79.9. The first-order chi connectivity index (χ1) is 18.7. The molecule has 0 saturated heterocycles. The van der Waals surface area contributed by atoms with Crippen LogP contribution in [0.15, 0.2) is 46.9 Å². The molecule has 1 heterocycles. The van der Waals surface area contributed by atoms with Crippen molar-refractivity contribution in [3.05, 3.63) is 63.6 Å². The lowest BCUT2D eigenvalue weighted by atomic mass is 10.1. The van der Waals surface area contributed by atoms with E-state index in [0.717, 1.165) is 15.7 Å². The van der Waals surface area contributed by atoms with Gasteiger partial charge in [-0.1, -0.05) is 40.2 Å². The number of amides is 3. The molecule has 1 N–H and O–H groups in total. The molecule has 1 aliphatic heterocycles. The molecule has 0 aromatic heterocycles. The van der Waals surface area contributed by atoms with E-state index in [2.05, 4.69) is 33.4 Å². The van der Waals surface area contributed by atoms with Gasteiger partial charge in [0.05, 0.1) is 13.1 Å². The Hall–Kier alpha value is -3.11. The third-order valence-corrected chi connectivity index (χ3v) is 7.19. The summed E-state index contributed by atoms with van der Waals surface area (Å²) in [5, 5.41) is 6.58. The largest absolute Gasteiger partial charge is 0.444 e. The van der Waals surface area contributed by atoms with Gasteiger partial charge in [0.1, 0.15) is 5.60 Å². The minimum atomic E-state index is -0.603. The minimum Gasteiger partial charge on any atom is -0.444 e. The lowest BCUT2D eigenvalue weighted by molar-refractivity contribution is -0.145. The van der Waals surface area contributed by atoms with Crippen LogP contribution in [0.2, 0.25) is 0 Å². The molecule has 40 heavy (non-hydrogen) atoms. The zero-order chi connectivity index (χ0) is 29.6. The lowest BCUT2D eigenvalue weighted by Crippen LogP contribution is -2.49. The normalized spacial score (nSPS) is 13.1. The van der Waals surface area contributed by atoms with E-state index in [1.807, 2.05) is 76.9 Å². The molecule has 0 bridgehead atoms. The molecular formula is C30H42BrN5O4. The van der Waals surface area contributed by atoms with Crippen LogP contribution in [0.25, 0.3) is 0 Å². The number of nitrogens with zero attached hydrogens (tertiary/aromatic N) is 4. The Labute approximate surface area is 246 Å². The van der Waals surface area contributed by atoms with Crippen molar-refractivity contribution < 1.29 is 19.1 Å². The lowest BCUT2D eigenvalue weighted by Gasteiger charge is -2.32. The zero-order valence-corrected chi connectivity index (χ0v) is 26.2. The predicted octanol–water partition coefficient (Wildman–Crippen LogP) is 4.71. The summed E-state index contributed by atoms with van der Waals surface area (Å²) < 4.78 is 6.43. The fraction of sp³-hybridized carbons (Fsp3) is 0.500. The average Bonchev–Trinajstić information content (AvgIpc) is 3.28. The molecular weight excluding hydrogens is 574 g/mol. The van der Waals surface area contributed by atoms with Gasteiger partial charge in [-0.25, -0.2) is 9.80 Å². The van der Waals surface area contributed by atoms with Crippen molar-refractivity contribution in [2.45, 2.75) is 66.3 Å². The van der Waals surface area contributed by atoms with Gasteiger partial charge in [-0.05, 0) is 76.4 Å². The Morgan fingerprint density at radius 2 is 1.68 bits per heavy atom. The number of aryl methyl sites for hydroxylation is 1. The highest BCUT2D eigenvalue weighted by molar-refractivity contribution is 9.10. The fourth-order valence-corrected chi connectivity index (χ4v) is 5.05. The molecule has 2 aromatic carbocycles. The maximum atomic E-state index is 13.4. The van der Waals surface area contributed by atoms with Gasteiger partial charge in [-0.3, -0.25) is 14.6 Å². The van der Waals surface area contributed by atoms with Crippen LogP contribution in [-0.2, 0) is 27.4 Å². The molecule has 9 nitrogen and oxygen atoms in total. The van der Waals surface area contributed by atoms with Gasteiger partial charge in [0.25, 0.3) is 5.91 Å². The number of hydrogen-bond acceptors (Lipinski definition) is 6. The molecule has 3 amide bonds. The number of carbonyl (C=O) groups excluding carboxylic acids is 3. The van der Waals surface area contributed by atoms with E-state index in [-0.39, 0.29) is 37.5 Å². The van der Waals surface area contributed by atoms with Crippen LogP contribution in [0.3, 0.4) is 0 Å². The van der Waals surface area contributed by atoms with Gasteiger partial charge in [-0.15, -0.1) is 0 Å². The van der Waals surface area contributed by atoms with Crippen molar-refractivity contribution >= 4 is 39.5 Å². The van der Waals surface area contributed by atoms with E-state index in [1.54, 1.807) is 21.9 Å². The first-order valence-corrected chi connectivity index (χ1v) is 14.4. The maximum Gasteiger partial charge on any atom is 0.410 e. The van der Waals surface area contributed by atoms with E-state index in [9.17, 15) is 14.4 Å². The van der Waals surface area contributed by atoms with Gasteiger partial charge in [0, 0.05) is 49.4 Å². The van der Waals surface area contributed by atoms with Crippen molar-refractivity contribution in [3.63, 3.8) is 0 Å². The molecule has 0 radical (unpaired) electrons. The molecule has 0 fully saturated rings. The fourth-order valence-electron chi connectivity index (χ4n) is 4.58. The summed E-state index contributed by atoms with van der Waals surface area (Å²) in [4.78, 5) is 42.5. The Kier molecular flexibility index (Phi) is 10.6. The van der Waals surface area contributed by atoms with Crippen LogP contribution in [-0.4, -0.2) is 77.7 Å². The number of ether oxygens (including phenoxy) is 1. The number of rotatable bonds is 10. The van der Waals surface area contributed by atoms with Crippen LogP contribution in [0.4, 0.5) is 10.5 Å². The molecule has 0 aliphatic carbocycles. The van der Waals surface area contributed by atoms with Gasteiger partial charge in [0.2, 0.25) is 5.91 Å². The van der Waals surface area contributed by atoms with Gasteiger partial charge in [-0.2, -0.15) is 0 Å². The summed E-state index contributed by atoms with van der Waals surface area (Å²) in [6.45, 7) is 13.2. The molecule has 0 unspecified atom stereocenters. The van der Waals surface area contributed by atoms with Crippen molar-refractivity contribution in [2.75, 3.05) is 38.1 Å². The van der Waals surface area contributed by atoms with Crippen LogP contribution < -0.4 is 10.2 Å². The summed E-state index contributed by atoms with van der Waals surface area (Å²) >= 11 is 3.50. The summed E-state index contributed by atoms with van der Waals surface area (Å²) in [6, 6.07) is 13.9. The third kappa shape index (κ3) is 8.69. The number of halogens is 1. The predicted molar refractivity (Wildman–Crippen MR) is 161 cm³/mol. The van der Waals surface area contributed by atoms with E-state index in [1.165, 1.54) is 11.1 Å². The van der Waals surface area contributed by atoms with E-state index in [4.69, 9.17) is 4.74 Å². The first kappa shape index (κ1) is 31.4. The molecule has 0 atom stereocenters. The summed E-state index contributed by atoms with van der Waals surface area (Å²) in [7, 11) is 1.78. The quantitative estimate of drug-likeness (QED) is 0.416. The molecule has 2 aromatic rings. The van der Waals surface area contributed by atoms with Crippen LogP contribution in [0, 0.1) is 6.92 Å². The smallest absolute Gasteiger partial charge is 0.410 e. The van der Waals surface area contributed by atoms with Crippen molar-refractivity contribution in [1.29, 1.82) is 0 Å². The number of anilines is 1. The Morgan fingerprint density at radius 3 is 2.23 bits per heavy atom. The van der Waals surface area contributed by atoms with Crippen LogP contribution >= 0.6 is 15.9 Å². The highest BCUT2D eigenvalue weighted by Gasteiger charge is 2.27. The summed E-state index contributed by atoms with van der Waals surface area (Å²) in [5.41, 5.74) is 3.58. The number of benzene rings is 2. The number of hydrogen-bond donors (Lipinski definition) is 1. The van der Waals surface area contributed by atoms with Crippen molar-refractivity contribution in [3.8, 4) is 0 Å². The summed E-state index contributed by atoms with van der Waals surface area (Å²) in [6.07, 6.45) is -0.415. The second-order valence-electron chi connectivity index (χ2n) is 11.4. The average molecular weight is 617 g/mol. The number of fused-ring (bicyclic) bond motifs is 1. The second-order valence-corrected chi connectivity index (χ2v) is 12.3. The van der Waals surface area contributed by atoms with Crippen LogP contribution in [0.5, 0.6) is 0 Å². The molecule has 0 spiro atoms. The topological polar surface area (TPSA) is 85.4 Å². The van der Waals surface area contributed by atoms with Gasteiger partial charge >= 0.3 is 6.09 Å². The van der Waals surface area contributed by atoms with E-state index in [0.29, 0.717) is 19.6 Å². The molecule has 3 rings (SSSR count). The van der Waals surface area contributed by atoms with Crippen LogP contribution in [0.1, 0.15) is 51.3 Å². The molecule has 0 saturated carbocycles. The number of hydrazine groups is 1. The monoisotopic (exact) mass is 615 g/mol. The third-order valence-electron chi connectivity index (χ3n) is 6.70. The SMILES string of the molecule is Cc1cc(Br)ccc1N(CC(=O)NCCN(C(=O)OC(C)(C)C)C(C)C)CC(=O)N(C)N1Cc2ccccc2C1. The minimum absolute atomic E-state index is 0.00358. The Bertz CT molecular complexity index is 1190. The van der Waals surface area contributed by atoms with Gasteiger partial charge < -0.3 is 19.9 Å². The summed E-state index contributed by atoms with van der Waals surface area (Å²) in [5.74, 6) is -0.349. The highest BCUT2D eigenvalue weighted by Crippen LogP contribution is 2.26. The maximum absolute atomic E-state index is 13.4. The second kappa shape index (κ2) is 13.5. The molecule has 10 heteroatoms. The van der Waals surface area contributed by atoms with Gasteiger partial charge in [0.15, 0.2) is 0 Å². The molecule has 218 valence electrons. The number of likely N-dealkylation sites (N-methyl/N-ethyl adjacent to an activating group) is 1. The van der Waals surface area contributed by atoms with Crippen molar-refractivity contribution in [1.82, 2.24) is 20.2 Å². The van der Waals surface area contributed by atoms with E-state index < -0.39 is 11.7 Å². The first-order valence-electron chi connectivity index (χ1n) is 13.6. The Balaban J connectivity index is 1.65. The number of nitrogens with one attached hydrogen (secondary N) is 1. The zero-order valence-electron chi connectivity index (χ0n) is 24.7. The molecule has 1 aliphatic rings. The Morgan fingerprint density at radius 1 is 1.05 bits per heavy atom. The van der Waals surface area contributed by atoms with Crippen molar-refractivity contribution in [2.24, 2.45) is 0 Å². The standard InChI is InChI=1S/C30H42BrN5O4/c1-21(2)36(29(39)40-30(4,5)6)15-14-32-27(37)19-34(26-13-12-25(31)16-22(26)3)20-28(38)33(7)35-17-23-10-8-9-11-24(23)18-35/h8-13,16,21H,14-15,17-20H2,1-7H3,(H,32,37).